The standard InChI is InChI=1S/C25H21ClN2O3S/c1-2-30-22-14-18(10-13-21(22)31-16-17-8-11-19(26)12-9-17)15-23-24(29)28-25(32-23)27-20-6-4-3-5-7-20/h3-15H,2,16H2,1H3,(H,27,28,29)/b23-15+. The van der Waals surface area contributed by atoms with E-state index in [0.717, 1.165) is 16.8 Å². The summed E-state index contributed by atoms with van der Waals surface area (Å²) in [4.78, 5) is 17.4. The fraction of sp³-hybridized carbons (Fsp3) is 0.120. The number of nitrogens with one attached hydrogen (secondary N) is 1. The Bertz CT molecular complexity index is 1160. The fourth-order valence-electron chi connectivity index (χ4n) is 3.00. The quantitative estimate of drug-likeness (QED) is 0.422. The number of amidine groups is 1. The summed E-state index contributed by atoms with van der Waals surface area (Å²) in [5.74, 6) is 1.09. The highest BCUT2D eigenvalue weighted by Gasteiger charge is 2.24. The number of carbonyl (C=O) groups excluding carboxylic acids is 1. The molecule has 3 aromatic carbocycles. The van der Waals surface area contributed by atoms with Crippen LogP contribution in [-0.4, -0.2) is 17.7 Å². The monoisotopic (exact) mass is 464 g/mol. The highest BCUT2D eigenvalue weighted by Crippen LogP contribution is 2.33. The summed E-state index contributed by atoms with van der Waals surface area (Å²) in [5.41, 5.74) is 2.63. The summed E-state index contributed by atoms with van der Waals surface area (Å²) in [5, 5.41) is 4.05. The first-order valence-corrected chi connectivity index (χ1v) is 11.3. The van der Waals surface area contributed by atoms with Crippen molar-refractivity contribution in [3.8, 4) is 11.5 Å². The van der Waals surface area contributed by atoms with Gasteiger partial charge in [-0.1, -0.05) is 48.0 Å². The van der Waals surface area contributed by atoms with E-state index in [1.807, 2.05) is 85.8 Å². The predicted octanol–water partition coefficient (Wildman–Crippen LogP) is 6.21. The average molecular weight is 465 g/mol. The van der Waals surface area contributed by atoms with Gasteiger partial charge in [0.1, 0.15) is 6.61 Å². The number of hydrogen-bond acceptors (Lipinski definition) is 5. The van der Waals surface area contributed by atoms with Crippen LogP contribution in [0.15, 0.2) is 82.7 Å². The lowest BCUT2D eigenvalue weighted by molar-refractivity contribution is -0.115. The maximum Gasteiger partial charge on any atom is 0.264 e. The topological polar surface area (TPSA) is 59.9 Å². The highest BCUT2D eigenvalue weighted by molar-refractivity contribution is 8.18. The van der Waals surface area contributed by atoms with Crippen molar-refractivity contribution in [2.24, 2.45) is 4.99 Å². The van der Waals surface area contributed by atoms with Gasteiger partial charge in [0, 0.05) is 5.02 Å². The SMILES string of the molecule is CCOc1cc(/C=C2/SC(=Nc3ccccc3)NC2=O)ccc1OCc1ccc(Cl)cc1. The molecule has 0 radical (unpaired) electrons. The molecule has 3 aromatic rings. The fourth-order valence-corrected chi connectivity index (χ4v) is 3.96. The minimum atomic E-state index is -0.175. The molecule has 1 aliphatic rings. The number of hydrogen-bond donors (Lipinski definition) is 1. The van der Waals surface area contributed by atoms with Crippen LogP contribution in [0.2, 0.25) is 5.02 Å². The summed E-state index contributed by atoms with van der Waals surface area (Å²) < 4.78 is 11.7. The second kappa shape index (κ2) is 10.4. The smallest absolute Gasteiger partial charge is 0.264 e. The molecule has 1 amide bonds. The minimum Gasteiger partial charge on any atom is -0.490 e. The number of rotatable bonds is 7. The first-order valence-electron chi connectivity index (χ1n) is 10.1. The maximum absolute atomic E-state index is 12.4. The summed E-state index contributed by atoms with van der Waals surface area (Å²) in [6.45, 7) is 2.82. The van der Waals surface area contributed by atoms with Gasteiger partial charge in [0.15, 0.2) is 16.7 Å². The third-order valence-corrected chi connectivity index (χ3v) is 5.67. The van der Waals surface area contributed by atoms with Gasteiger partial charge in [0.2, 0.25) is 0 Å². The first kappa shape index (κ1) is 22.0. The molecule has 5 nitrogen and oxygen atoms in total. The molecule has 1 heterocycles. The van der Waals surface area contributed by atoms with Crippen molar-refractivity contribution in [2.45, 2.75) is 13.5 Å². The Labute approximate surface area is 196 Å². The summed E-state index contributed by atoms with van der Waals surface area (Å²) >= 11 is 7.25. The van der Waals surface area contributed by atoms with E-state index in [1.165, 1.54) is 11.8 Å². The van der Waals surface area contributed by atoms with Crippen LogP contribution in [0.25, 0.3) is 6.08 Å². The van der Waals surface area contributed by atoms with Gasteiger partial charge in [0.05, 0.1) is 17.2 Å². The molecule has 1 saturated heterocycles. The molecule has 0 aliphatic carbocycles. The molecular weight excluding hydrogens is 444 g/mol. The highest BCUT2D eigenvalue weighted by atomic mass is 35.5. The molecule has 0 unspecified atom stereocenters. The second-order valence-electron chi connectivity index (χ2n) is 6.87. The molecule has 0 saturated carbocycles. The zero-order valence-electron chi connectivity index (χ0n) is 17.4. The van der Waals surface area contributed by atoms with Crippen LogP contribution < -0.4 is 14.8 Å². The molecule has 32 heavy (non-hydrogen) atoms. The van der Waals surface area contributed by atoms with E-state index in [-0.39, 0.29) is 5.91 Å². The summed E-state index contributed by atoms with van der Waals surface area (Å²) in [7, 11) is 0. The van der Waals surface area contributed by atoms with Crippen molar-refractivity contribution < 1.29 is 14.3 Å². The Morgan fingerprint density at radius 2 is 1.78 bits per heavy atom. The van der Waals surface area contributed by atoms with E-state index in [0.29, 0.717) is 39.8 Å². The van der Waals surface area contributed by atoms with Gasteiger partial charge in [-0.2, -0.15) is 0 Å². The number of ether oxygens (including phenoxy) is 2. The summed E-state index contributed by atoms with van der Waals surface area (Å²) in [6.07, 6.45) is 1.82. The molecule has 1 N–H and O–H groups in total. The van der Waals surface area contributed by atoms with Crippen LogP contribution in [-0.2, 0) is 11.4 Å². The molecule has 7 heteroatoms. The van der Waals surface area contributed by atoms with Crippen LogP contribution in [0.4, 0.5) is 5.69 Å². The Balaban J connectivity index is 1.50. The number of halogens is 1. The number of carbonyl (C=O) groups is 1. The van der Waals surface area contributed by atoms with Crippen molar-refractivity contribution in [1.82, 2.24) is 5.32 Å². The number of amides is 1. The molecule has 1 aliphatic heterocycles. The number of aliphatic imine (C=N–C) groups is 1. The average Bonchev–Trinajstić information content (AvgIpc) is 3.13. The normalized spacial score (nSPS) is 15.8. The van der Waals surface area contributed by atoms with Crippen LogP contribution in [0.3, 0.4) is 0 Å². The van der Waals surface area contributed by atoms with Crippen molar-refractivity contribution in [2.75, 3.05) is 6.61 Å². The third kappa shape index (κ3) is 5.72. The summed E-state index contributed by atoms with van der Waals surface area (Å²) in [6, 6.07) is 22.6. The Hall–Kier alpha value is -3.22. The van der Waals surface area contributed by atoms with E-state index in [4.69, 9.17) is 21.1 Å². The molecule has 1 fully saturated rings. The van der Waals surface area contributed by atoms with Gasteiger partial charge < -0.3 is 14.8 Å². The first-order chi connectivity index (χ1) is 15.6. The Kier molecular flexibility index (Phi) is 7.14. The molecule has 0 spiro atoms. The number of benzene rings is 3. The minimum absolute atomic E-state index is 0.175. The molecule has 0 aromatic heterocycles. The number of para-hydroxylation sites is 1. The molecule has 4 rings (SSSR count). The number of thioether (sulfide) groups is 1. The predicted molar refractivity (Wildman–Crippen MR) is 131 cm³/mol. The molecule has 0 bridgehead atoms. The second-order valence-corrected chi connectivity index (χ2v) is 8.34. The van der Waals surface area contributed by atoms with Crippen LogP contribution in [0, 0.1) is 0 Å². The van der Waals surface area contributed by atoms with Crippen molar-refractivity contribution in [3.05, 3.63) is 93.9 Å². The van der Waals surface area contributed by atoms with Crippen LogP contribution in [0.5, 0.6) is 11.5 Å². The maximum atomic E-state index is 12.4. The molecule has 162 valence electrons. The largest absolute Gasteiger partial charge is 0.490 e. The van der Waals surface area contributed by atoms with Gasteiger partial charge in [-0.05, 0) is 72.3 Å². The van der Waals surface area contributed by atoms with Gasteiger partial charge in [-0.15, -0.1) is 0 Å². The zero-order valence-corrected chi connectivity index (χ0v) is 19.0. The van der Waals surface area contributed by atoms with E-state index < -0.39 is 0 Å². The zero-order chi connectivity index (χ0) is 22.3. The van der Waals surface area contributed by atoms with Crippen molar-refractivity contribution in [3.63, 3.8) is 0 Å². The lowest BCUT2D eigenvalue weighted by Crippen LogP contribution is -2.19. The van der Waals surface area contributed by atoms with Crippen LogP contribution >= 0.6 is 23.4 Å². The lowest BCUT2D eigenvalue weighted by Gasteiger charge is -2.13. The van der Waals surface area contributed by atoms with Gasteiger partial charge in [-0.25, -0.2) is 4.99 Å². The molecular formula is C25H21ClN2O3S. The van der Waals surface area contributed by atoms with E-state index in [2.05, 4.69) is 10.3 Å². The van der Waals surface area contributed by atoms with E-state index in [1.54, 1.807) is 0 Å². The molecule has 0 atom stereocenters. The van der Waals surface area contributed by atoms with Crippen molar-refractivity contribution >= 4 is 46.2 Å². The van der Waals surface area contributed by atoms with Crippen molar-refractivity contribution in [1.29, 1.82) is 0 Å². The van der Waals surface area contributed by atoms with Gasteiger partial charge in [-0.3, -0.25) is 4.79 Å². The Morgan fingerprint density at radius 3 is 2.53 bits per heavy atom. The number of nitrogens with zero attached hydrogens (tertiary/aromatic N) is 1. The van der Waals surface area contributed by atoms with E-state index in [9.17, 15) is 4.79 Å². The lowest BCUT2D eigenvalue weighted by atomic mass is 10.2. The third-order valence-electron chi connectivity index (χ3n) is 4.51. The van der Waals surface area contributed by atoms with E-state index >= 15 is 0 Å². The van der Waals surface area contributed by atoms with Gasteiger partial charge >= 0.3 is 0 Å². The Morgan fingerprint density at radius 1 is 1.00 bits per heavy atom. The van der Waals surface area contributed by atoms with Gasteiger partial charge in [0.25, 0.3) is 5.91 Å². The van der Waals surface area contributed by atoms with Crippen LogP contribution in [0.1, 0.15) is 18.1 Å².